The minimum absolute atomic E-state index is 0. The van der Waals surface area contributed by atoms with Crippen LogP contribution in [0.3, 0.4) is 0 Å². The van der Waals surface area contributed by atoms with Crippen molar-refractivity contribution in [3.63, 3.8) is 0 Å². The molecule has 0 unspecified atom stereocenters. The zero-order chi connectivity index (χ0) is 4.83. The molecule has 0 aliphatic carbocycles. The Labute approximate surface area is 53.5 Å². The van der Waals surface area contributed by atoms with Crippen molar-refractivity contribution in [2.45, 2.75) is 12.8 Å². The van der Waals surface area contributed by atoms with Crippen LogP contribution in [0.15, 0.2) is 0 Å². The molecular weight excluding hydrogens is 139 g/mol. The SMILES string of the molecule is OCCCCO.[Ni]. The molecule has 0 fully saturated rings. The third-order valence-corrected chi connectivity index (χ3v) is 0.566. The Morgan fingerprint density at radius 2 is 1.14 bits per heavy atom. The molecule has 0 saturated heterocycles. The molecule has 0 heterocycles. The summed E-state index contributed by atoms with van der Waals surface area (Å²) >= 11 is 0. The summed E-state index contributed by atoms with van der Waals surface area (Å²) in [6, 6.07) is 0. The van der Waals surface area contributed by atoms with Gasteiger partial charge in [0.25, 0.3) is 0 Å². The quantitative estimate of drug-likeness (QED) is 0.428. The van der Waals surface area contributed by atoms with E-state index in [9.17, 15) is 0 Å². The van der Waals surface area contributed by atoms with Crippen molar-refractivity contribution in [3.05, 3.63) is 0 Å². The fraction of sp³-hybridized carbons (Fsp3) is 1.00. The predicted molar refractivity (Wildman–Crippen MR) is 23.4 cm³/mol. The van der Waals surface area contributed by atoms with E-state index in [0.29, 0.717) is 0 Å². The van der Waals surface area contributed by atoms with Gasteiger partial charge in [-0.1, -0.05) is 0 Å². The summed E-state index contributed by atoms with van der Waals surface area (Å²) in [7, 11) is 0. The Bertz CT molecular complexity index is 21.7. The van der Waals surface area contributed by atoms with E-state index in [4.69, 9.17) is 10.2 Å². The van der Waals surface area contributed by atoms with E-state index < -0.39 is 0 Å². The summed E-state index contributed by atoms with van der Waals surface area (Å²) < 4.78 is 0. The van der Waals surface area contributed by atoms with Crippen molar-refractivity contribution in [3.8, 4) is 0 Å². The summed E-state index contributed by atoms with van der Waals surface area (Å²) in [5, 5.41) is 16.2. The van der Waals surface area contributed by atoms with Crippen molar-refractivity contribution in [2.75, 3.05) is 13.2 Å². The Balaban J connectivity index is 0. The molecule has 0 aromatic carbocycles. The van der Waals surface area contributed by atoms with Gasteiger partial charge in [0, 0.05) is 29.7 Å². The van der Waals surface area contributed by atoms with E-state index >= 15 is 0 Å². The maximum Gasteiger partial charge on any atom is 0.0431 e. The molecule has 0 aromatic heterocycles. The largest absolute Gasteiger partial charge is 0.396 e. The van der Waals surface area contributed by atoms with Gasteiger partial charge >= 0.3 is 0 Å². The van der Waals surface area contributed by atoms with Crippen LogP contribution in [0.1, 0.15) is 12.8 Å². The molecule has 0 rings (SSSR count). The summed E-state index contributed by atoms with van der Waals surface area (Å²) in [6.07, 6.45) is 1.44. The van der Waals surface area contributed by atoms with E-state index in [1.54, 1.807) is 0 Å². The molecule has 0 amide bonds. The summed E-state index contributed by atoms with van der Waals surface area (Å²) in [5.74, 6) is 0. The van der Waals surface area contributed by atoms with E-state index in [1.807, 2.05) is 0 Å². The van der Waals surface area contributed by atoms with Crippen molar-refractivity contribution in [1.82, 2.24) is 0 Å². The van der Waals surface area contributed by atoms with Gasteiger partial charge in [0.2, 0.25) is 0 Å². The second-order valence-electron chi connectivity index (χ2n) is 1.15. The van der Waals surface area contributed by atoms with Crippen LogP contribution >= 0.6 is 0 Å². The van der Waals surface area contributed by atoms with Crippen LogP contribution in [-0.4, -0.2) is 23.4 Å². The number of hydrogen-bond donors (Lipinski definition) is 2. The van der Waals surface area contributed by atoms with Gasteiger partial charge in [-0.05, 0) is 12.8 Å². The molecule has 0 aliphatic rings. The van der Waals surface area contributed by atoms with E-state index in [1.165, 1.54) is 0 Å². The van der Waals surface area contributed by atoms with Crippen LogP contribution in [0.25, 0.3) is 0 Å². The van der Waals surface area contributed by atoms with Crippen molar-refractivity contribution in [2.24, 2.45) is 0 Å². The van der Waals surface area contributed by atoms with Gasteiger partial charge in [-0.2, -0.15) is 0 Å². The van der Waals surface area contributed by atoms with Crippen LogP contribution in [-0.2, 0) is 16.5 Å². The molecule has 2 nitrogen and oxygen atoms in total. The summed E-state index contributed by atoms with van der Waals surface area (Å²) in [4.78, 5) is 0. The molecule has 3 heteroatoms. The van der Waals surface area contributed by atoms with E-state index in [0.717, 1.165) is 12.8 Å². The monoisotopic (exact) mass is 148 g/mol. The molecule has 0 aromatic rings. The van der Waals surface area contributed by atoms with E-state index in [2.05, 4.69) is 0 Å². The van der Waals surface area contributed by atoms with Gasteiger partial charge in [0.15, 0.2) is 0 Å². The van der Waals surface area contributed by atoms with Gasteiger partial charge in [-0.3, -0.25) is 0 Å². The normalized spacial score (nSPS) is 7.71. The molecule has 7 heavy (non-hydrogen) atoms. The molecule has 0 aliphatic heterocycles. The fourth-order valence-corrected chi connectivity index (χ4v) is 0.224. The zero-order valence-electron chi connectivity index (χ0n) is 4.04. The van der Waals surface area contributed by atoms with Crippen molar-refractivity contribution >= 4 is 0 Å². The molecule has 2 N–H and O–H groups in total. The van der Waals surface area contributed by atoms with Crippen molar-refractivity contribution < 1.29 is 26.7 Å². The second-order valence-corrected chi connectivity index (χ2v) is 1.15. The van der Waals surface area contributed by atoms with Gasteiger partial charge in [-0.15, -0.1) is 0 Å². The summed E-state index contributed by atoms with van der Waals surface area (Å²) in [5.41, 5.74) is 0. The first-order chi connectivity index (χ1) is 2.91. The first kappa shape index (κ1) is 10.4. The Kier molecular flexibility index (Phi) is 14.3. The topological polar surface area (TPSA) is 40.5 Å². The third-order valence-electron chi connectivity index (χ3n) is 0.566. The van der Waals surface area contributed by atoms with Gasteiger partial charge in [0.05, 0.1) is 0 Å². The molecule has 0 bridgehead atoms. The first-order valence-corrected chi connectivity index (χ1v) is 2.13. The van der Waals surface area contributed by atoms with Crippen LogP contribution in [0.5, 0.6) is 0 Å². The molecule has 0 radical (unpaired) electrons. The maximum absolute atomic E-state index is 8.09. The van der Waals surface area contributed by atoms with Gasteiger partial charge in [0.1, 0.15) is 0 Å². The standard InChI is InChI=1S/C4H10O2.Ni/c5-3-1-2-4-6;/h5-6H,1-4H2;. The van der Waals surface area contributed by atoms with Crippen LogP contribution in [0, 0.1) is 0 Å². The molecule has 48 valence electrons. The minimum atomic E-state index is 0. The van der Waals surface area contributed by atoms with Gasteiger partial charge in [-0.25, -0.2) is 0 Å². The average molecular weight is 149 g/mol. The third kappa shape index (κ3) is 10.7. The van der Waals surface area contributed by atoms with Crippen molar-refractivity contribution in [1.29, 1.82) is 0 Å². The van der Waals surface area contributed by atoms with E-state index in [-0.39, 0.29) is 29.7 Å². The number of hydrogen-bond acceptors (Lipinski definition) is 2. The Morgan fingerprint density at radius 3 is 1.29 bits per heavy atom. The minimum Gasteiger partial charge on any atom is -0.396 e. The zero-order valence-corrected chi connectivity index (χ0v) is 5.03. The number of aliphatic hydroxyl groups excluding tert-OH is 2. The van der Waals surface area contributed by atoms with Crippen LogP contribution in [0.4, 0.5) is 0 Å². The first-order valence-electron chi connectivity index (χ1n) is 2.13. The molecule has 0 spiro atoms. The Hall–Kier alpha value is 0.414. The number of unbranched alkanes of at least 4 members (excludes halogenated alkanes) is 1. The van der Waals surface area contributed by atoms with Gasteiger partial charge < -0.3 is 10.2 Å². The maximum atomic E-state index is 8.09. The van der Waals surface area contributed by atoms with Crippen LogP contribution < -0.4 is 0 Å². The smallest absolute Gasteiger partial charge is 0.0431 e. The summed E-state index contributed by atoms with van der Waals surface area (Å²) in [6.45, 7) is 0.390. The Morgan fingerprint density at radius 1 is 0.857 bits per heavy atom. The van der Waals surface area contributed by atoms with Crippen LogP contribution in [0.2, 0.25) is 0 Å². The molecule has 0 saturated carbocycles. The number of aliphatic hydroxyl groups is 2. The average Bonchev–Trinajstić information content (AvgIpc) is 1.61. The fourth-order valence-electron chi connectivity index (χ4n) is 0.224. The predicted octanol–water partition coefficient (Wildman–Crippen LogP) is -0.251. The molecule has 0 atom stereocenters. The molecular formula is C4H10NiO2. The number of rotatable bonds is 3. The second kappa shape index (κ2) is 9.65.